The molecule has 1 saturated carbocycles. The lowest BCUT2D eigenvalue weighted by Gasteiger charge is -2.37. The summed E-state index contributed by atoms with van der Waals surface area (Å²) in [6.45, 7) is 13.0. The lowest BCUT2D eigenvalue weighted by Crippen LogP contribution is -2.47. The van der Waals surface area contributed by atoms with E-state index in [9.17, 15) is 9.59 Å². The zero-order chi connectivity index (χ0) is 18.5. The number of nitrogens with zero attached hydrogens (tertiary/aromatic N) is 3. The van der Waals surface area contributed by atoms with Gasteiger partial charge in [0.1, 0.15) is 5.78 Å². The largest absolute Gasteiger partial charge is 0.342 e. The predicted molar refractivity (Wildman–Crippen MR) is 104 cm³/mol. The van der Waals surface area contributed by atoms with E-state index in [1.54, 1.807) is 6.92 Å². The van der Waals surface area contributed by atoms with Crippen molar-refractivity contribution in [2.75, 3.05) is 52.4 Å². The number of ketones is 1. The first-order valence-electron chi connectivity index (χ1n) is 10.8. The Bertz CT molecular complexity index is 480. The Morgan fingerprint density at radius 1 is 0.846 bits per heavy atom. The van der Waals surface area contributed by atoms with Crippen LogP contribution in [0.15, 0.2) is 0 Å². The Kier molecular flexibility index (Phi) is 7.10. The van der Waals surface area contributed by atoms with Crippen LogP contribution < -0.4 is 0 Å². The summed E-state index contributed by atoms with van der Waals surface area (Å²) in [5, 5.41) is 0. The second kappa shape index (κ2) is 9.32. The molecule has 2 heterocycles. The van der Waals surface area contributed by atoms with Crippen molar-refractivity contribution >= 4 is 11.7 Å². The Labute approximate surface area is 159 Å². The third-order valence-corrected chi connectivity index (χ3v) is 7.05. The van der Waals surface area contributed by atoms with Crippen molar-refractivity contribution in [2.24, 2.45) is 17.8 Å². The molecule has 3 rings (SSSR count). The summed E-state index contributed by atoms with van der Waals surface area (Å²) in [7, 11) is 0. The predicted octanol–water partition coefficient (Wildman–Crippen LogP) is 2.26. The van der Waals surface area contributed by atoms with Gasteiger partial charge in [0.25, 0.3) is 0 Å². The SMILES string of the molecule is CCN1CCN(CCC2CCN(C(=O)C3CCC(C(C)=O)C3)CC2)CC1. The highest BCUT2D eigenvalue weighted by Gasteiger charge is 2.35. The second-order valence-electron chi connectivity index (χ2n) is 8.65. The van der Waals surface area contributed by atoms with Gasteiger partial charge in [0.05, 0.1) is 0 Å². The molecule has 0 N–H and O–H groups in total. The number of likely N-dealkylation sites (N-methyl/N-ethyl adjacent to an activating group) is 1. The molecule has 5 nitrogen and oxygen atoms in total. The van der Waals surface area contributed by atoms with Crippen LogP contribution in [0.4, 0.5) is 0 Å². The number of piperazine rings is 1. The van der Waals surface area contributed by atoms with Crippen molar-refractivity contribution in [3.05, 3.63) is 0 Å². The van der Waals surface area contributed by atoms with Gasteiger partial charge in [-0.2, -0.15) is 0 Å². The summed E-state index contributed by atoms with van der Waals surface area (Å²) in [4.78, 5) is 31.5. The van der Waals surface area contributed by atoms with Gasteiger partial charge in [-0.25, -0.2) is 0 Å². The summed E-state index contributed by atoms with van der Waals surface area (Å²) < 4.78 is 0. The molecule has 2 saturated heterocycles. The molecule has 1 amide bonds. The molecule has 0 aromatic carbocycles. The number of hydrogen-bond donors (Lipinski definition) is 0. The molecule has 0 bridgehead atoms. The number of rotatable bonds is 6. The molecule has 2 aliphatic heterocycles. The summed E-state index contributed by atoms with van der Waals surface area (Å²) >= 11 is 0. The maximum Gasteiger partial charge on any atom is 0.225 e. The van der Waals surface area contributed by atoms with Gasteiger partial charge in [-0.1, -0.05) is 6.92 Å². The molecule has 3 fully saturated rings. The number of Topliss-reactive ketones (excluding diaryl/α,β-unsaturated/α-hetero) is 1. The second-order valence-corrected chi connectivity index (χ2v) is 8.65. The summed E-state index contributed by atoms with van der Waals surface area (Å²) in [6.07, 6.45) is 6.20. The highest BCUT2D eigenvalue weighted by atomic mass is 16.2. The maximum atomic E-state index is 12.7. The summed E-state index contributed by atoms with van der Waals surface area (Å²) in [5.74, 6) is 1.60. The first kappa shape index (κ1) is 19.8. The van der Waals surface area contributed by atoms with Crippen molar-refractivity contribution in [3.8, 4) is 0 Å². The molecule has 2 atom stereocenters. The van der Waals surface area contributed by atoms with Crippen molar-refractivity contribution in [2.45, 2.75) is 52.4 Å². The standard InChI is InChI=1S/C21H37N3O2/c1-3-22-12-14-23(15-13-22)9-6-18-7-10-24(11-8-18)21(26)20-5-4-19(16-20)17(2)25/h18-20H,3-16H2,1-2H3. The number of carbonyl (C=O) groups excluding carboxylic acids is 2. The minimum Gasteiger partial charge on any atom is -0.342 e. The fourth-order valence-electron chi connectivity index (χ4n) is 4.97. The fourth-order valence-corrected chi connectivity index (χ4v) is 4.97. The van der Waals surface area contributed by atoms with E-state index < -0.39 is 0 Å². The smallest absolute Gasteiger partial charge is 0.225 e. The Hall–Kier alpha value is -0.940. The van der Waals surface area contributed by atoms with E-state index in [0.29, 0.717) is 5.91 Å². The van der Waals surface area contributed by atoms with Crippen molar-refractivity contribution in [1.82, 2.24) is 14.7 Å². The Morgan fingerprint density at radius 2 is 1.46 bits per heavy atom. The lowest BCUT2D eigenvalue weighted by molar-refractivity contribution is -0.136. The highest BCUT2D eigenvalue weighted by molar-refractivity contribution is 5.83. The van der Waals surface area contributed by atoms with Crippen LogP contribution in [-0.4, -0.2) is 78.7 Å². The topological polar surface area (TPSA) is 43.9 Å². The number of piperidine rings is 1. The molecule has 0 spiro atoms. The quantitative estimate of drug-likeness (QED) is 0.726. The van der Waals surface area contributed by atoms with Crippen molar-refractivity contribution < 1.29 is 9.59 Å². The Balaban J connectivity index is 1.34. The molecule has 3 aliphatic rings. The molecule has 0 radical (unpaired) electrons. The van der Waals surface area contributed by atoms with Gasteiger partial charge in [-0.15, -0.1) is 0 Å². The highest BCUT2D eigenvalue weighted by Crippen LogP contribution is 2.34. The third-order valence-electron chi connectivity index (χ3n) is 7.05. The van der Waals surface area contributed by atoms with Gasteiger partial charge < -0.3 is 14.7 Å². The van der Waals surface area contributed by atoms with Crippen LogP contribution in [0.3, 0.4) is 0 Å². The molecule has 0 aromatic heterocycles. The average molecular weight is 364 g/mol. The first-order chi connectivity index (χ1) is 12.6. The van der Waals surface area contributed by atoms with Gasteiger partial charge >= 0.3 is 0 Å². The first-order valence-corrected chi connectivity index (χ1v) is 10.8. The van der Waals surface area contributed by atoms with E-state index in [2.05, 4.69) is 21.6 Å². The van der Waals surface area contributed by atoms with Crippen LogP contribution in [0.5, 0.6) is 0 Å². The van der Waals surface area contributed by atoms with E-state index in [4.69, 9.17) is 0 Å². The summed E-state index contributed by atoms with van der Waals surface area (Å²) in [6, 6.07) is 0. The normalized spacial score (nSPS) is 29.2. The zero-order valence-electron chi connectivity index (χ0n) is 16.8. The molecule has 1 aliphatic carbocycles. The fraction of sp³-hybridized carbons (Fsp3) is 0.905. The minimum atomic E-state index is 0.107. The molecule has 2 unspecified atom stereocenters. The van der Waals surface area contributed by atoms with Crippen LogP contribution in [0.25, 0.3) is 0 Å². The monoisotopic (exact) mass is 363 g/mol. The van der Waals surface area contributed by atoms with Gasteiger partial charge in [0, 0.05) is 51.1 Å². The van der Waals surface area contributed by atoms with Crippen molar-refractivity contribution in [3.63, 3.8) is 0 Å². The molecule has 5 heteroatoms. The van der Waals surface area contributed by atoms with Gasteiger partial charge in [0.15, 0.2) is 0 Å². The number of hydrogen-bond acceptors (Lipinski definition) is 4. The number of carbonyl (C=O) groups is 2. The number of amides is 1. The molecular formula is C21H37N3O2. The van der Waals surface area contributed by atoms with E-state index >= 15 is 0 Å². The van der Waals surface area contributed by atoms with Crippen LogP contribution >= 0.6 is 0 Å². The van der Waals surface area contributed by atoms with Crippen LogP contribution in [0.2, 0.25) is 0 Å². The maximum absolute atomic E-state index is 12.7. The molecule has 148 valence electrons. The third kappa shape index (κ3) is 5.07. The van der Waals surface area contributed by atoms with Gasteiger partial charge in [-0.05, 0) is 64.5 Å². The summed E-state index contributed by atoms with van der Waals surface area (Å²) in [5.41, 5.74) is 0. The van der Waals surface area contributed by atoms with E-state index in [1.165, 1.54) is 45.7 Å². The van der Waals surface area contributed by atoms with Crippen molar-refractivity contribution in [1.29, 1.82) is 0 Å². The van der Waals surface area contributed by atoms with Gasteiger partial charge in [0.2, 0.25) is 5.91 Å². The zero-order valence-corrected chi connectivity index (χ0v) is 16.8. The van der Waals surface area contributed by atoms with E-state index in [1.807, 2.05) is 0 Å². The van der Waals surface area contributed by atoms with Gasteiger partial charge in [-0.3, -0.25) is 9.59 Å². The molecule has 26 heavy (non-hydrogen) atoms. The number of likely N-dealkylation sites (tertiary alicyclic amines) is 1. The van der Waals surface area contributed by atoms with Crippen LogP contribution in [0.1, 0.15) is 52.4 Å². The molecule has 0 aromatic rings. The van der Waals surface area contributed by atoms with Crippen LogP contribution in [-0.2, 0) is 9.59 Å². The molecular weight excluding hydrogens is 326 g/mol. The van der Waals surface area contributed by atoms with Crippen LogP contribution in [0, 0.1) is 17.8 Å². The average Bonchev–Trinajstić information content (AvgIpc) is 3.17. The Morgan fingerprint density at radius 3 is 2.04 bits per heavy atom. The van der Waals surface area contributed by atoms with E-state index in [-0.39, 0.29) is 17.6 Å². The van der Waals surface area contributed by atoms with E-state index in [0.717, 1.165) is 51.1 Å². The minimum absolute atomic E-state index is 0.107. The lowest BCUT2D eigenvalue weighted by atomic mass is 9.92.